The number of pyridine rings is 2. The van der Waals surface area contributed by atoms with Crippen LogP contribution in [-0.2, 0) is 7.05 Å². The van der Waals surface area contributed by atoms with E-state index in [1.807, 2.05) is 36.7 Å². The fourth-order valence-electron chi connectivity index (χ4n) is 3.36. The Morgan fingerprint density at radius 2 is 2.22 bits per heavy atom. The van der Waals surface area contributed by atoms with Crippen LogP contribution >= 0.6 is 0 Å². The first-order valence-electron chi connectivity index (χ1n) is 9.12. The van der Waals surface area contributed by atoms with Gasteiger partial charge in [-0.25, -0.2) is 9.55 Å². The minimum absolute atomic E-state index is 0.0333. The average molecular weight is 307 g/mol. The summed E-state index contributed by atoms with van der Waals surface area (Å²) in [5.41, 5.74) is 3.95. The van der Waals surface area contributed by atoms with Gasteiger partial charge in [-0.2, -0.15) is 0 Å². The summed E-state index contributed by atoms with van der Waals surface area (Å²) in [7, 11) is 1.86. The Bertz CT molecular complexity index is 1040. The van der Waals surface area contributed by atoms with Gasteiger partial charge < -0.3 is 4.42 Å². The van der Waals surface area contributed by atoms with Crippen LogP contribution in [0, 0.1) is 6.85 Å². The molecule has 4 heterocycles. The molecule has 0 spiro atoms. The predicted octanol–water partition coefficient (Wildman–Crippen LogP) is 2.67. The molecule has 0 unspecified atom stereocenters. The van der Waals surface area contributed by atoms with Gasteiger partial charge in [-0.1, -0.05) is 0 Å². The van der Waals surface area contributed by atoms with Crippen LogP contribution in [0.15, 0.2) is 46.8 Å². The molecule has 5 heteroatoms. The summed E-state index contributed by atoms with van der Waals surface area (Å²) in [4.78, 5) is 6.46. The van der Waals surface area contributed by atoms with Crippen LogP contribution in [0.1, 0.15) is 22.2 Å². The lowest BCUT2D eigenvalue weighted by Crippen LogP contribution is -2.52. The van der Waals surface area contributed by atoms with E-state index in [2.05, 4.69) is 22.7 Å². The smallest absolute Gasteiger partial charge is 0.447 e. The second kappa shape index (κ2) is 4.98. The normalized spacial score (nSPS) is 16.7. The summed E-state index contributed by atoms with van der Waals surface area (Å²) in [5, 5.41) is 1.01. The van der Waals surface area contributed by atoms with Crippen molar-refractivity contribution in [2.45, 2.75) is 20.6 Å². The Labute approximate surface area is 140 Å². The molecular weight excluding hydrogens is 285 g/mol. The van der Waals surface area contributed by atoms with Crippen molar-refractivity contribution in [1.29, 1.82) is 0 Å². The molecule has 0 saturated carbocycles. The van der Waals surface area contributed by atoms with Crippen LogP contribution < -0.4 is 15.0 Å². The van der Waals surface area contributed by atoms with Crippen molar-refractivity contribution in [1.82, 2.24) is 4.98 Å². The number of hydrogen-bond donors (Lipinski definition) is 0. The summed E-state index contributed by atoms with van der Waals surface area (Å²) >= 11 is 0. The summed E-state index contributed by atoms with van der Waals surface area (Å²) in [5.74, 6) is 0.901. The van der Waals surface area contributed by atoms with Crippen LogP contribution in [-0.4, -0.2) is 11.8 Å². The minimum Gasteiger partial charge on any atom is -0.447 e. The van der Waals surface area contributed by atoms with Gasteiger partial charge in [-0.15, -0.1) is 0 Å². The molecule has 4 rings (SSSR count). The van der Waals surface area contributed by atoms with Crippen LogP contribution in [0.5, 0.6) is 0 Å². The highest BCUT2D eigenvalue weighted by Crippen LogP contribution is 2.28. The Morgan fingerprint density at radius 1 is 1.35 bits per heavy atom. The van der Waals surface area contributed by atoms with Crippen molar-refractivity contribution < 1.29 is 13.1 Å². The number of aromatic nitrogens is 2. The van der Waals surface area contributed by atoms with Crippen molar-refractivity contribution in [3.63, 3.8) is 0 Å². The third-order valence-electron chi connectivity index (χ3n) is 4.39. The Hall–Kier alpha value is -2.56. The molecule has 0 aliphatic carbocycles. The third-order valence-corrected chi connectivity index (χ3v) is 4.39. The van der Waals surface area contributed by atoms with E-state index in [1.54, 1.807) is 18.5 Å². The number of fused-ring (bicyclic) bond motifs is 3. The van der Waals surface area contributed by atoms with Crippen LogP contribution in [0.3, 0.4) is 0 Å². The molecule has 23 heavy (non-hydrogen) atoms. The van der Waals surface area contributed by atoms with Gasteiger partial charge in [0.15, 0.2) is 0 Å². The van der Waals surface area contributed by atoms with Gasteiger partial charge in [0, 0.05) is 27.3 Å². The molecule has 3 aromatic rings. The van der Waals surface area contributed by atoms with Gasteiger partial charge >= 0.3 is 6.85 Å². The quantitative estimate of drug-likeness (QED) is 0.512. The molecule has 0 amide bonds. The maximum atomic E-state index is 7.60. The van der Waals surface area contributed by atoms with E-state index in [4.69, 9.17) is 8.53 Å². The first-order valence-corrected chi connectivity index (χ1v) is 7.62. The zero-order valence-corrected chi connectivity index (χ0v) is 13.4. The first-order chi connectivity index (χ1) is 12.3. The molecule has 0 saturated heterocycles. The highest BCUT2D eigenvalue weighted by Gasteiger charge is 2.40. The third kappa shape index (κ3) is 2.07. The number of rotatable bonds is 1. The molecule has 114 valence electrons. The minimum atomic E-state index is -2.12. The fraction of sp³-hybridized carbons (Fsp3) is 0.222. The standard InChI is InChI=1S/C18H19BN3O/c1-12-7-8-16(21(4)11-12)22-13(2)10-15-14-6-5-9-20-18(14)23-17(15)19(22)3/h5-11H,1-4H3/q+1/i1D3. The number of nitrogens with zero attached hydrogens (tertiary/aromatic N) is 3. The summed E-state index contributed by atoms with van der Waals surface area (Å²) in [6.07, 6.45) is 5.49. The molecule has 0 radical (unpaired) electrons. The molecule has 0 aromatic carbocycles. The van der Waals surface area contributed by atoms with Crippen LogP contribution in [0.4, 0.5) is 5.82 Å². The van der Waals surface area contributed by atoms with Gasteiger partial charge in [0.1, 0.15) is 5.66 Å². The summed E-state index contributed by atoms with van der Waals surface area (Å²) < 4.78 is 30.7. The molecule has 1 aliphatic heterocycles. The van der Waals surface area contributed by atoms with Crippen LogP contribution in [0.2, 0.25) is 6.82 Å². The molecule has 1 aliphatic rings. The van der Waals surface area contributed by atoms with Crippen molar-refractivity contribution in [2.24, 2.45) is 7.05 Å². The van der Waals surface area contributed by atoms with Crippen molar-refractivity contribution >= 4 is 35.5 Å². The van der Waals surface area contributed by atoms with Gasteiger partial charge in [0.05, 0.1) is 18.9 Å². The van der Waals surface area contributed by atoms with E-state index >= 15 is 0 Å². The zero-order chi connectivity index (χ0) is 18.6. The molecule has 0 fully saturated rings. The van der Waals surface area contributed by atoms with Crippen molar-refractivity contribution in [3.05, 3.63) is 53.5 Å². The topological polar surface area (TPSA) is 33.2 Å². The van der Waals surface area contributed by atoms with Gasteiger partial charge in [-0.3, -0.25) is 4.81 Å². The van der Waals surface area contributed by atoms with Gasteiger partial charge in [0.25, 0.3) is 5.82 Å². The lowest BCUT2D eigenvalue weighted by Gasteiger charge is -2.26. The zero-order valence-electron chi connectivity index (χ0n) is 16.4. The SMILES string of the molecule is [2H]C([2H])([2H])c1ccc(N2B(C)c3oc4ncccc4c3C=C2C)[n+](C)c1. The van der Waals surface area contributed by atoms with E-state index < -0.39 is 6.85 Å². The average Bonchev–Trinajstić information content (AvgIpc) is 2.94. The number of anilines is 1. The molecule has 4 nitrogen and oxygen atoms in total. The van der Waals surface area contributed by atoms with Gasteiger partial charge in [0.2, 0.25) is 5.71 Å². The Balaban J connectivity index is 1.82. The number of aryl methyl sites for hydroxylation is 2. The highest BCUT2D eigenvalue weighted by molar-refractivity contribution is 6.76. The lowest BCUT2D eigenvalue weighted by molar-refractivity contribution is -0.658. The van der Waals surface area contributed by atoms with Crippen molar-refractivity contribution in [3.8, 4) is 0 Å². The molecular formula is C18H19BN3O+. The largest absolute Gasteiger partial charge is 0.447 e. The van der Waals surface area contributed by atoms with Crippen LogP contribution in [0.25, 0.3) is 17.2 Å². The van der Waals surface area contributed by atoms with E-state index in [0.29, 0.717) is 11.3 Å². The number of allylic oxidation sites excluding steroid dienone is 1. The summed E-state index contributed by atoms with van der Waals surface area (Å²) in [6.45, 7) is 1.97. The lowest BCUT2D eigenvalue weighted by atomic mass is 9.57. The Kier molecular flexibility index (Phi) is 2.39. The Morgan fingerprint density at radius 3 is 3.00 bits per heavy atom. The van der Waals surface area contributed by atoms with E-state index in [-0.39, 0.29) is 6.85 Å². The number of hydrogen-bond acceptors (Lipinski definition) is 3. The predicted molar refractivity (Wildman–Crippen MR) is 93.7 cm³/mol. The monoisotopic (exact) mass is 307 g/mol. The maximum absolute atomic E-state index is 7.60. The molecule has 3 aromatic heterocycles. The fourth-order valence-corrected chi connectivity index (χ4v) is 3.36. The van der Waals surface area contributed by atoms with E-state index in [0.717, 1.165) is 28.1 Å². The van der Waals surface area contributed by atoms with Gasteiger partial charge in [-0.05, 0) is 50.4 Å². The second-order valence-electron chi connectivity index (χ2n) is 5.95. The van der Waals surface area contributed by atoms with Crippen molar-refractivity contribution in [2.75, 3.05) is 4.81 Å². The second-order valence-corrected chi connectivity index (χ2v) is 5.95. The van der Waals surface area contributed by atoms with E-state index in [1.165, 1.54) is 0 Å². The highest BCUT2D eigenvalue weighted by atomic mass is 16.3. The first kappa shape index (κ1) is 11.1. The maximum Gasteiger partial charge on any atom is 0.447 e. The summed E-state index contributed by atoms with van der Waals surface area (Å²) in [6, 6.07) is 7.44. The molecule has 0 bridgehead atoms. The molecule has 0 N–H and O–H groups in total. The molecule has 0 atom stereocenters. The number of furan rings is 1. The van der Waals surface area contributed by atoms with E-state index in [9.17, 15) is 0 Å².